The van der Waals surface area contributed by atoms with Crippen molar-refractivity contribution in [3.8, 4) is 50.3 Å². The highest BCUT2D eigenvalue weighted by Gasteiger charge is 2.20. The maximum atomic E-state index is 5.26. The zero-order chi connectivity index (χ0) is 42.6. The lowest BCUT2D eigenvalue weighted by Gasteiger charge is -2.14. The van der Waals surface area contributed by atoms with Gasteiger partial charge in [0.05, 0.1) is 32.5 Å². The number of hydrogen-bond acceptors (Lipinski definition) is 2. The molecule has 3 nitrogen and oxygen atoms in total. The summed E-state index contributed by atoms with van der Waals surface area (Å²) in [7, 11) is 0. The van der Waals surface area contributed by atoms with E-state index < -0.39 is 0 Å². The second-order valence-corrected chi connectivity index (χ2v) is 18.1. The Kier molecular flexibility index (Phi) is 7.85. The molecule has 0 saturated carbocycles. The smallest absolute Gasteiger partial charge is 0.156 e. The minimum absolute atomic E-state index is 1.01. The monoisotopic (exact) mass is 843 g/mol. The molecule has 65 heavy (non-hydrogen) atoms. The van der Waals surface area contributed by atoms with Crippen LogP contribution >= 0.6 is 11.3 Å². The van der Waals surface area contributed by atoms with E-state index in [4.69, 9.17) is 4.98 Å². The summed E-state index contributed by atoms with van der Waals surface area (Å²) in [4.78, 5) is 5.26. The molecule has 0 atom stereocenters. The fourth-order valence-electron chi connectivity index (χ4n) is 10.5. The van der Waals surface area contributed by atoms with Gasteiger partial charge in [0.2, 0.25) is 0 Å². The number of fused-ring (bicyclic) bond motifs is 13. The van der Waals surface area contributed by atoms with Gasteiger partial charge in [0.1, 0.15) is 0 Å². The normalized spacial score (nSPS) is 12.0. The lowest BCUT2D eigenvalue weighted by Crippen LogP contribution is -1.93. The summed E-state index contributed by atoms with van der Waals surface area (Å²) in [5.41, 5.74) is 16.3. The summed E-state index contributed by atoms with van der Waals surface area (Å²) < 4.78 is 7.24. The summed E-state index contributed by atoms with van der Waals surface area (Å²) >= 11 is 1.84. The van der Waals surface area contributed by atoms with Crippen LogP contribution in [0.5, 0.6) is 0 Å². The summed E-state index contributed by atoms with van der Waals surface area (Å²) in [6.07, 6.45) is 0. The number of aromatic nitrogens is 3. The van der Waals surface area contributed by atoms with Crippen LogP contribution in [0.4, 0.5) is 0 Å². The molecule has 4 aromatic heterocycles. The van der Waals surface area contributed by atoms with Gasteiger partial charge in [-0.05, 0) is 115 Å². The maximum absolute atomic E-state index is 5.26. The third kappa shape index (κ3) is 5.51. The van der Waals surface area contributed by atoms with Crippen LogP contribution in [0.3, 0.4) is 0 Å². The molecule has 14 rings (SSSR count). The molecule has 0 amide bonds. The van der Waals surface area contributed by atoms with Crippen LogP contribution in [-0.4, -0.2) is 14.0 Å². The number of benzene rings is 10. The molecule has 0 aliphatic heterocycles. The minimum atomic E-state index is 1.01. The van der Waals surface area contributed by atoms with E-state index in [2.05, 4.69) is 233 Å². The van der Waals surface area contributed by atoms with E-state index in [1.807, 2.05) is 11.3 Å². The molecule has 0 unspecified atom stereocenters. The van der Waals surface area contributed by atoms with Crippen LogP contribution in [0.15, 0.2) is 224 Å². The van der Waals surface area contributed by atoms with Crippen molar-refractivity contribution in [2.75, 3.05) is 0 Å². The van der Waals surface area contributed by atoms with Crippen LogP contribution in [0.1, 0.15) is 0 Å². The quantitative estimate of drug-likeness (QED) is 0.169. The predicted octanol–water partition coefficient (Wildman–Crippen LogP) is 16.9. The van der Waals surface area contributed by atoms with Crippen molar-refractivity contribution in [2.24, 2.45) is 0 Å². The Morgan fingerprint density at radius 1 is 0.369 bits per heavy atom. The summed E-state index contributed by atoms with van der Waals surface area (Å²) in [6.45, 7) is 0. The lowest BCUT2D eigenvalue weighted by molar-refractivity contribution is 1.18. The van der Waals surface area contributed by atoms with Crippen molar-refractivity contribution in [1.82, 2.24) is 14.0 Å². The summed E-state index contributed by atoms with van der Waals surface area (Å²) in [5.74, 6) is 0. The van der Waals surface area contributed by atoms with Gasteiger partial charge in [-0.15, -0.1) is 11.3 Å². The lowest BCUT2D eigenvalue weighted by atomic mass is 9.91. The molecule has 4 heterocycles. The molecular formula is C61H37N3S. The van der Waals surface area contributed by atoms with Crippen LogP contribution in [0.25, 0.3) is 131 Å². The fourth-order valence-corrected chi connectivity index (χ4v) is 11.7. The Balaban J connectivity index is 0.841. The second kappa shape index (κ2) is 14.1. The van der Waals surface area contributed by atoms with Gasteiger partial charge in [-0.25, -0.2) is 4.98 Å². The van der Waals surface area contributed by atoms with Crippen LogP contribution in [0.2, 0.25) is 0 Å². The van der Waals surface area contributed by atoms with E-state index >= 15 is 0 Å². The van der Waals surface area contributed by atoms with Gasteiger partial charge in [-0.1, -0.05) is 170 Å². The number of thiophene rings is 1. The van der Waals surface area contributed by atoms with E-state index in [9.17, 15) is 0 Å². The number of pyridine rings is 1. The maximum Gasteiger partial charge on any atom is 0.156 e. The third-order valence-corrected chi connectivity index (χ3v) is 14.7. The van der Waals surface area contributed by atoms with E-state index in [-0.39, 0.29) is 0 Å². The van der Waals surface area contributed by atoms with Crippen molar-refractivity contribution in [3.63, 3.8) is 0 Å². The highest BCUT2D eigenvalue weighted by molar-refractivity contribution is 7.26. The van der Waals surface area contributed by atoms with E-state index in [1.54, 1.807) is 0 Å². The minimum Gasteiger partial charge on any atom is -0.309 e. The highest BCUT2D eigenvalue weighted by Crippen LogP contribution is 2.44. The molecule has 0 bridgehead atoms. The third-order valence-electron chi connectivity index (χ3n) is 13.5. The molecule has 0 aliphatic rings. The molecule has 4 heteroatoms. The molecule has 10 aromatic carbocycles. The standard InChI is InChI=1S/C61H37N3S/c1-2-13-44(14-3-1)63-54-20-10-8-18-50(54)51-36-43(30-34-55(51)63)38-22-24-40(25-23-38)45-32-33-46(49-17-7-6-16-48(45)49)41-26-28-42(29-27-41)57-37-52-59-47-15-5-4-12-39(47)31-35-58(59)65-60(52)61-62-53-19-9-11-21-56(53)64(57)61/h1-37H. The van der Waals surface area contributed by atoms with Gasteiger partial charge < -0.3 is 4.57 Å². The summed E-state index contributed by atoms with van der Waals surface area (Å²) in [5, 5.41) is 10.1. The zero-order valence-corrected chi connectivity index (χ0v) is 35.9. The Morgan fingerprint density at radius 2 is 0.954 bits per heavy atom. The molecule has 0 radical (unpaired) electrons. The molecule has 0 spiro atoms. The first-order valence-corrected chi connectivity index (χ1v) is 23.0. The SMILES string of the molecule is c1ccc(-n2c3ccccc3c3cc(-c4ccc(-c5ccc(-c6ccc(-c7cc8c(sc9ccc%10ccccc%10c98)c8nc9ccccc9n78)cc6)c6ccccc56)cc4)ccc32)cc1. The van der Waals surface area contributed by atoms with Gasteiger partial charge in [0, 0.05) is 31.9 Å². The first-order chi connectivity index (χ1) is 32.2. The van der Waals surface area contributed by atoms with Crippen molar-refractivity contribution in [1.29, 1.82) is 0 Å². The van der Waals surface area contributed by atoms with Gasteiger partial charge in [0.15, 0.2) is 5.65 Å². The van der Waals surface area contributed by atoms with Crippen molar-refractivity contribution >= 4 is 91.5 Å². The van der Waals surface area contributed by atoms with Crippen LogP contribution in [-0.2, 0) is 0 Å². The molecule has 0 N–H and O–H groups in total. The van der Waals surface area contributed by atoms with Gasteiger partial charge in [0.25, 0.3) is 0 Å². The predicted molar refractivity (Wildman–Crippen MR) is 277 cm³/mol. The van der Waals surface area contributed by atoms with Crippen molar-refractivity contribution in [2.45, 2.75) is 0 Å². The Morgan fingerprint density at radius 3 is 1.71 bits per heavy atom. The molecule has 0 fully saturated rings. The first-order valence-electron chi connectivity index (χ1n) is 22.2. The summed E-state index contributed by atoms with van der Waals surface area (Å²) in [6, 6.07) is 82.1. The molecular weight excluding hydrogens is 807 g/mol. The largest absolute Gasteiger partial charge is 0.309 e. The van der Waals surface area contributed by atoms with Gasteiger partial charge >= 0.3 is 0 Å². The molecule has 302 valence electrons. The average Bonchev–Trinajstić information content (AvgIpc) is 4.06. The number of hydrogen-bond donors (Lipinski definition) is 0. The molecule has 14 aromatic rings. The Labute approximate surface area is 378 Å². The van der Waals surface area contributed by atoms with Crippen molar-refractivity contribution in [3.05, 3.63) is 224 Å². The zero-order valence-electron chi connectivity index (χ0n) is 35.1. The number of rotatable bonds is 5. The topological polar surface area (TPSA) is 22.2 Å². The van der Waals surface area contributed by atoms with E-state index in [0.717, 1.165) is 27.9 Å². The number of para-hydroxylation sites is 4. The highest BCUT2D eigenvalue weighted by atomic mass is 32.1. The van der Waals surface area contributed by atoms with Crippen LogP contribution < -0.4 is 0 Å². The fraction of sp³-hybridized carbons (Fsp3) is 0. The van der Waals surface area contributed by atoms with E-state index in [1.165, 1.54) is 103 Å². The Bertz CT molecular complexity index is 4210. The van der Waals surface area contributed by atoms with Gasteiger partial charge in [-0.2, -0.15) is 0 Å². The molecule has 0 aliphatic carbocycles. The van der Waals surface area contributed by atoms with Crippen LogP contribution in [0, 0.1) is 0 Å². The van der Waals surface area contributed by atoms with Crippen molar-refractivity contribution < 1.29 is 0 Å². The number of imidazole rings is 1. The average molecular weight is 844 g/mol. The van der Waals surface area contributed by atoms with Gasteiger partial charge in [-0.3, -0.25) is 4.40 Å². The molecule has 0 saturated heterocycles. The van der Waals surface area contributed by atoms with E-state index in [0.29, 0.717) is 0 Å². The number of nitrogens with zero attached hydrogens (tertiary/aromatic N) is 3. The second-order valence-electron chi connectivity index (χ2n) is 17.1. The first kappa shape index (κ1) is 36.2. The Hall–Kier alpha value is -8.31.